The second-order valence-electron chi connectivity index (χ2n) is 7.06. The average molecular weight is 460 g/mol. The number of rotatable bonds is 6. The van der Waals surface area contributed by atoms with Crippen molar-refractivity contribution in [2.75, 3.05) is 4.72 Å². The maximum atomic E-state index is 14.9. The molecule has 0 radical (unpaired) electrons. The van der Waals surface area contributed by atoms with E-state index >= 15 is 0 Å². The van der Waals surface area contributed by atoms with Gasteiger partial charge in [-0.05, 0) is 30.2 Å². The molecule has 1 atom stereocenters. The summed E-state index contributed by atoms with van der Waals surface area (Å²) in [5, 5.41) is 0. The van der Waals surface area contributed by atoms with E-state index < -0.39 is 38.5 Å². The van der Waals surface area contributed by atoms with E-state index in [1.54, 1.807) is 19.1 Å². The molecule has 0 saturated carbocycles. The number of sulfonamides is 1. The predicted octanol–water partition coefficient (Wildman–Crippen LogP) is 3.14. The van der Waals surface area contributed by atoms with Crippen molar-refractivity contribution in [2.24, 2.45) is 5.73 Å². The Bertz CT molecular complexity index is 1480. The lowest BCUT2D eigenvalue weighted by Crippen LogP contribution is -2.19. The number of nitrogens with two attached hydrogens (primary N) is 1. The Labute approximate surface area is 181 Å². The normalized spacial score (nSPS) is 12.8. The number of oxazole rings is 1. The summed E-state index contributed by atoms with van der Waals surface area (Å²) in [6, 6.07) is 12.0. The molecule has 11 heteroatoms. The van der Waals surface area contributed by atoms with E-state index in [9.17, 15) is 22.0 Å². The molecule has 166 valence electrons. The zero-order chi connectivity index (χ0) is 23.0. The highest BCUT2D eigenvalue weighted by Crippen LogP contribution is 2.28. The molecule has 0 aliphatic rings. The molecule has 4 aromatic rings. The maximum absolute atomic E-state index is 14.9. The van der Waals surface area contributed by atoms with Crippen molar-refractivity contribution in [3.05, 3.63) is 88.0 Å². The maximum Gasteiger partial charge on any atom is 0.420 e. The van der Waals surface area contributed by atoms with Gasteiger partial charge in [0.25, 0.3) is 10.0 Å². The van der Waals surface area contributed by atoms with Gasteiger partial charge < -0.3 is 10.2 Å². The van der Waals surface area contributed by atoms with E-state index in [-0.39, 0.29) is 16.9 Å². The Morgan fingerprint density at radius 1 is 1.16 bits per heavy atom. The van der Waals surface area contributed by atoms with Gasteiger partial charge in [0, 0.05) is 18.7 Å². The van der Waals surface area contributed by atoms with Gasteiger partial charge in [0.15, 0.2) is 5.58 Å². The Morgan fingerprint density at radius 3 is 2.62 bits per heavy atom. The van der Waals surface area contributed by atoms with Gasteiger partial charge in [0.05, 0.1) is 11.6 Å². The number of hydrogen-bond donors (Lipinski definition) is 2. The molecule has 2 heterocycles. The molecule has 32 heavy (non-hydrogen) atoms. The van der Waals surface area contributed by atoms with E-state index in [1.807, 2.05) is 16.9 Å². The van der Waals surface area contributed by atoms with E-state index in [0.717, 1.165) is 29.3 Å². The Morgan fingerprint density at radius 2 is 1.91 bits per heavy atom. The number of nitrogens with zero attached hydrogens (tertiary/aromatic N) is 2. The van der Waals surface area contributed by atoms with Crippen LogP contribution in [0.1, 0.15) is 24.1 Å². The van der Waals surface area contributed by atoms with Crippen LogP contribution in [0.15, 0.2) is 68.7 Å². The zero-order valence-electron chi connectivity index (χ0n) is 16.7. The molecule has 2 aromatic carbocycles. The number of aromatic nitrogens is 2. The molecule has 3 N–H and O–H groups in total. The van der Waals surface area contributed by atoms with Crippen LogP contribution in [0.5, 0.6) is 0 Å². The monoisotopic (exact) mass is 460 g/mol. The molecular formula is C21H18F2N4O4S. The van der Waals surface area contributed by atoms with Gasteiger partial charge in [0.2, 0.25) is 5.95 Å². The van der Waals surface area contributed by atoms with E-state index in [4.69, 9.17) is 10.2 Å². The van der Waals surface area contributed by atoms with Crippen LogP contribution in [0, 0.1) is 11.8 Å². The minimum atomic E-state index is -4.48. The van der Waals surface area contributed by atoms with Crippen molar-refractivity contribution in [1.82, 2.24) is 9.55 Å². The third-order valence-electron chi connectivity index (χ3n) is 4.97. The highest BCUT2D eigenvalue weighted by Gasteiger charge is 2.25. The van der Waals surface area contributed by atoms with E-state index in [2.05, 4.69) is 4.98 Å². The summed E-state index contributed by atoms with van der Waals surface area (Å²) >= 11 is 0. The summed E-state index contributed by atoms with van der Waals surface area (Å²) in [7, 11) is -4.48. The quantitative estimate of drug-likeness (QED) is 0.427. The van der Waals surface area contributed by atoms with Crippen LogP contribution in [0.3, 0.4) is 0 Å². The first kappa shape index (κ1) is 21.7. The molecule has 2 aromatic heterocycles. The molecule has 0 unspecified atom stereocenters. The van der Waals surface area contributed by atoms with Crippen LogP contribution >= 0.6 is 0 Å². The lowest BCUT2D eigenvalue weighted by atomic mass is 10.0. The first-order chi connectivity index (χ1) is 15.2. The lowest BCUT2D eigenvalue weighted by Gasteiger charge is -2.14. The van der Waals surface area contributed by atoms with Crippen molar-refractivity contribution < 1.29 is 21.6 Å². The predicted molar refractivity (Wildman–Crippen MR) is 114 cm³/mol. The molecule has 0 aliphatic carbocycles. The summed E-state index contributed by atoms with van der Waals surface area (Å²) in [5.41, 5.74) is 7.24. The van der Waals surface area contributed by atoms with Gasteiger partial charge in [-0.3, -0.25) is 9.29 Å². The number of halogens is 2. The molecule has 0 fully saturated rings. The average Bonchev–Trinajstić information content (AvgIpc) is 3.07. The number of pyridine rings is 1. The molecule has 0 bridgehead atoms. The fourth-order valence-corrected chi connectivity index (χ4v) is 4.47. The van der Waals surface area contributed by atoms with Crippen molar-refractivity contribution in [2.45, 2.75) is 24.4 Å². The number of anilines is 1. The molecule has 4 rings (SSSR count). The molecule has 0 aliphatic heterocycles. The van der Waals surface area contributed by atoms with Crippen molar-refractivity contribution >= 4 is 26.9 Å². The Hall–Kier alpha value is -3.57. The largest absolute Gasteiger partial charge is 0.420 e. The van der Waals surface area contributed by atoms with Gasteiger partial charge in [0.1, 0.15) is 16.5 Å². The highest BCUT2D eigenvalue weighted by atomic mass is 32.2. The highest BCUT2D eigenvalue weighted by molar-refractivity contribution is 7.92. The van der Waals surface area contributed by atoms with Gasteiger partial charge in [-0.25, -0.2) is 22.6 Å². The third-order valence-corrected chi connectivity index (χ3v) is 6.34. The zero-order valence-corrected chi connectivity index (χ0v) is 17.6. The number of nitrogens with one attached hydrogen (secondary N) is 1. The van der Waals surface area contributed by atoms with Crippen molar-refractivity contribution in [3.8, 4) is 0 Å². The summed E-state index contributed by atoms with van der Waals surface area (Å²) in [6.07, 6.45) is 0. The minimum Gasteiger partial charge on any atom is -0.408 e. The van der Waals surface area contributed by atoms with Gasteiger partial charge in [-0.1, -0.05) is 30.3 Å². The first-order valence-electron chi connectivity index (χ1n) is 9.48. The fourth-order valence-electron chi connectivity index (χ4n) is 3.40. The first-order valence-corrected chi connectivity index (χ1v) is 11.0. The second kappa shape index (κ2) is 8.17. The Balaban J connectivity index is 1.78. The fraction of sp³-hybridized carbons (Fsp3) is 0.143. The second-order valence-corrected chi connectivity index (χ2v) is 8.72. The lowest BCUT2D eigenvalue weighted by molar-refractivity contribution is 0.489. The van der Waals surface area contributed by atoms with Crippen LogP contribution in [0.25, 0.3) is 11.1 Å². The smallest absolute Gasteiger partial charge is 0.408 e. The van der Waals surface area contributed by atoms with Crippen LogP contribution in [0.4, 0.5) is 14.6 Å². The van der Waals surface area contributed by atoms with Crippen LogP contribution in [-0.2, 0) is 16.6 Å². The van der Waals surface area contributed by atoms with Crippen molar-refractivity contribution in [1.29, 1.82) is 0 Å². The summed E-state index contributed by atoms with van der Waals surface area (Å²) in [5.74, 6) is -3.12. The molecule has 8 nitrogen and oxygen atoms in total. The summed E-state index contributed by atoms with van der Waals surface area (Å²) in [4.78, 5) is 15.2. The number of fused-ring (bicyclic) bond motifs is 1. The summed E-state index contributed by atoms with van der Waals surface area (Å²) in [6.45, 7) is 2.04. The van der Waals surface area contributed by atoms with Gasteiger partial charge >= 0.3 is 5.76 Å². The number of hydrogen-bond acceptors (Lipinski definition) is 6. The third kappa shape index (κ3) is 3.99. The Kier molecular flexibility index (Phi) is 5.53. The minimum absolute atomic E-state index is 0.0842. The van der Waals surface area contributed by atoms with Crippen LogP contribution in [0.2, 0.25) is 0 Å². The molecule has 0 amide bonds. The van der Waals surface area contributed by atoms with E-state index in [0.29, 0.717) is 6.54 Å². The van der Waals surface area contributed by atoms with E-state index in [1.165, 1.54) is 16.7 Å². The standard InChI is InChI=1S/C21H18F2N4O4S/c1-12(14-5-2-4-13(8-14)11-24)27-16-9-15(22)18(10-17(16)31-21(27)28)32(29,30)26-20-7-3-6-19(23)25-20/h2-10,12H,11,24H2,1H3,(H,25,26)/t12-/m1/s1. The molecule has 0 saturated heterocycles. The van der Waals surface area contributed by atoms with Gasteiger partial charge in [-0.15, -0.1) is 0 Å². The number of benzene rings is 2. The van der Waals surface area contributed by atoms with Crippen LogP contribution < -0.4 is 16.2 Å². The van der Waals surface area contributed by atoms with Crippen LogP contribution in [-0.4, -0.2) is 18.0 Å². The van der Waals surface area contributed by atoms with Crippen molar-refractivity contribution in [3.63, 3.8) is 0 Å². The molecule has 0 spiro atoms. The topological polar surface area (TPSA) is 120 Å². The summed E-state index contributed by atoms with van der Waals surface area (Å²) < 4.78 is 61.9. The molecular weight excluding hydrogens is 442 g/mol. The van der Waals surface area contributed by atoms with Gasteiger partial charge in [-0.2, -0.15) is 4.39 Å². The SMILES string of the molecule is C[C@H](c1cccc(CN)c1)n1c(=O)oc2cc(S(=O)(=O)Nc3cccc(F)n3)c(F)cc21.